The van der Waals surface area contributed by atoms with Gasteiger partial charge in [-0.1, -0.05) is 214 Å². The Morgan fingerprint density at radius 2 is 0.836 bits per heavy atom. The molecule has 0 heterocycles. The highest BCUT2D eigenvalue weighted by atomic mass is 32.2. The lowest BCUT2D eigenvalue weighted by Crippen LogP contribution is -2.46. The average Bonchev–Trinajstić information content (AvgIpc) is 3.18. The molecule has 0 aliphatic heterocycles. The molecule has 0 bridgehead atoms. The molecule has 0 saturated heterocycles. The molecule has 1 aromatic rings. The Labute approximate surface area is 380 Å². The van der Waals surface area contributed by atoms with Crippen LogP contribution in [0.4, 0.5) is 0 Å². The Hall–Kier alpha value is -1.19. The number of hydrogen-bond acceptors (Lipinski definition) is 6. The van der Waals surface area contributed by atoms with E-state index in [2.05, 4.69) is 27.9 Å². The molecule has 1 atom stereocenters. The second-order valence-corrected chi connectivity index (χ2v) is 22.1. The number of nitrogens with zero attached hydrogens (tertiary/aromatic N) is 1. The summed E-state index contributed by atoms with van der Waals surface area (Å²) in [5, 5.41) is 27.9. The van der Waals surface area contributed by atoms with Crippen LogP contribution >= 0.6 is 0 Å². The summed E-state index contributed by atoms with van der Waals surface area (Å²) in [5.41, 5.74) is -2.11. The number of hydrogen-bond donors (Lipinski definition) is 3. The van der Waals surface area contributed by atoms with Crippen LogP contribution in [0.3, 0.4) is 0 Å². The van der Waals surface area contributed by atoms with E-state index in [4.69, 9.17) is 0 Å². The van der Waals surface area contributed by atoms with Gasteiger partial charge in [0.15, 0.2) is 0 Å². The van der Waals surface area contributed by atoms with Crippen LogP contribution in [0.25, 0.3) is 0 Å². The maximum atomic E-state index is 11.8. The fourth-order valence-electron chi connectivity index (χ4n) is 8.71. The number of aromatic hydroxyl groups is 1. The van der Waals surface area contributed by atoms with Gasteiger partial charge in [-0.25, -0.2) is 8.42 Å². The molecule has 0 saturated carbocycles. The third-order valence-corrected chi connectivity index (χ3v) is 15.1. The predicted octanol–water partition coefficient (Wildman–Crippen LogP) is 15.2. The smallest absolute Gasteiger partial charge is 0.124 e. The minimum atomic E-state index is -4.79. The third kappa shape index (κ3) is 29.8. The average molecular weight is 882 g/mol. The first-order chi connectivity index (χ1) is 28.9. The maximum absolute atomic E-state index is 11.8. The topological polar surface area (TPSA) is 118 Å². The predicted molar refractivity (Wildman–Crippen MR) is 262 cm³/mol. The van der Waals surface area contributed by atoms with Crippen molar-refractivity contribution in [2.24, 2.45) is 5.41 Å². The molecule has 8 heteroatoms. The molecule has 0 radical (unpaired) electrons. The quantitative estimate of drug-likeness (QED) is 0.0344. The van der Waals surface area contributed by atoms with Gasteiger partial charge in [0.05, 0.1) is 44.6 Å². The normalized spacial score (nSPS) is 13.0. The highest BCUT2D eigenvalue weighted by Gasteiger charge is 2.46. The first kappa shape index (κ1) is 59.8. The highest BCUT2D eigenvalue weighted by Crippen LogP contribution is 2.47. The van der Waals surface area contributed by atoms with Crippen molar-refractivity contribution in [2.45, 2.75) is 271 Å². The number of aryl methyl sites for hydroxylation is 1. The van der Waals surface area contributed by atoms with Crippen molar-refractivity contribution in [3.63, 3.8) is 0 Å². The Morgan fingerprint density at radius 1 is 0.557 bits per heavy atom. The molecule has 1 aromatic carbocycles. The van der Waals surface area contributed by atoms with Crippen molar-refractivity contribution in [3.8, 4) is 5.75 Å². The van der Waals surface area contributed by atoms with Crippen LogP contribution in [0.5, 0.6) is 5.75 Å². The molecule has 1 unspecified atom stereocenters. The first-order valence-corrected chi connectivity index (χ1v) is 27.2. The van der Waals surface area contributed by atoms with Crippen LogP contribution in [-0.4, -0.2) is 65.6 Å². The summed E-state index contributed by atoms with van der Waals surface area (Å²) in [4.78, 5) is 0. The van der Waals surface area contributed by atoms with Crippen molar-refractivity contribution in [1.29, 1.82) is 0 Å². The van der Waals surface area contributed by atoms with Gasteiger partial charge in [-0.3, -0.25) is 0 Å². The van der Waals surface area contributed by atoms with E-state index in [1.165, 1.54) is 263 Å². The van der Waals surface area contributed by atoms with Crippen LogP contribution in [0.15, 0.2) is 12.1 Å². The lowest BCUT2D eigenvalue weighted by Gasteiger charge is -2.44. The Balaban J connectivity index is 0.00000137. The Morgan fingerprint density at radius 3 is 1.08 bits per heavy atom. The molecule has 61 heavy (non-hydrogen) atoms. The minimum absolute atomic E-state index is 0.134. The maximum Gasteiger partial charge on any atom is 0.124 e. The SMILES string of the molecule is CCCCCCCCCCCCCCCCCC[N+](C)(C)CCCCCCCCCCCCCCCCCC.Cc1cc(C(C(C)(C)C(C)(C)O)S(=O)(=O)[O-])cc(CO)c1O. The van der Waals surface area contributed by atoms with Gasteiger partial charge in [0, 0.05) is 11.0 Å². The van der Waals surface area contributed by atoms with Crippen molar-refractivity contribution in [2.75, 3.05) is 27.2 Å². The van der Waals surface area contributed by atoms with Gasteiger partial charge in [0.1, 0.15) is 15.9 Å². The molecule has 7 nitrogen and oxygen atoms in total. The molecule has 0 aromatic heterocycles. The van der Waals surface area contributed by atoms with Gasteiger partial charge in [-0.05, 0) is 63.6 Å². The molecular weight excluding hydrogens is 779 g/mol. The zero-order valence-corrected chi connectivity index (χ0v) is 42.7. The number of phenols is 1. The molecule has 0 aliphatic carbocycles. The van der Waals surface area contributed by atoms with Crippen molar-refractivity contribution in [1.82, 2.24) is 0 Å². The number of rotatable bonds is 39. The lowest BCUT2D eigenvalue weighted by molar-refractivity contribution is -0.890. The standard InChI is InChI=1S/C38H80N.C15H24O6S/c1-5-7-9-11-13-15-17-19-21-23-25-27-29-31-33-35-37-39(3,4)38-36-34-32-30-28-26-24-22-20-18-16-14-12-10-8-6-2;1-9-6-10(7-11(8-16)12(9)17)13(22(19,20)21)14(2,3)15(4,5)18/h5-38H2,1-4H3;6-7,13,16-18H,8H2,1-5H3,(H,19,20,21)/q+1;/p-1. The van der Waals surface area contributed by atoms with E-state index in [9.17, 15) is 28.3 Å². The number of benzene rings is 1. The molecule has 0 fully saturated rings. The number of aliphatic hydroxyl groups excluding tert-OH is 1. The molecule has 0 spiro atoms. The monoisotopic (exact) mass is 882 g/mol. The molecular formula is C53H103NO6S. The number of quaternary nitrogens is 1. The molecule has 1 rings (SSSR count). The van der Waals surface area contributed by atoms with E-state index < -0.39 is 33.0 Å². The first-order valence-electron chi connectivity index (χ1n) is 25.8. The van der Waals surface area contributed by atoms with Gasteiger partial charge in [0.2, 0.25) is 0 Å². The summed E-state index contributed by atoms with van der Waals surface area (Å²) in [6, 6.07) is 2.68. The van der Waals surface area contributed by atoms with Crippen molar-refractivity contribution < 1.29 is 32.8 Å². The van der Waals surface area contributed by atoms with E-state index in [-0.39, 0.29) is 16.9 Å². The van der Waals surface area contributed by atoms with Crippen LogP contribution in [0.1, 0.15) is 269 Å². The second kappa shape index (κ2) is 35.1. The fourth-order valence-corrected chi connectivity index (χ4v) is 10.2. The van der Waals surface area contributed by atoms with E-state index in [1.54, 1.807) is 6.92 Å². The number of aliphatic hydroxyl groups is 2. The Bertz CT molecular complexity index is 1250. The second-order valence-electron chi connectivity index (χ2n) is 20.6. The fraction of sp³-hybridized carbons (Fsp3) is 0.887. The molecule has 362 valence electrons. The van der Waals surface area contributed by atoms with Crippen LogP contribution in [0, 0.1) is 12.3 Å². The van der Waals surface area contributed by atoms with Gasteiger partial charge in [-0.2, -0.15) is 0 Å². The van der Waals surface area contributed by atoms with Crippen LogP contribution in [0.2, 0.25) is 0 Å². The van der Waals surface area contributed by atoms with Crippen LogP contribution < -0.4 is 0 Å². The van der Waals surface area contributed by atoms with Gasteiger partial charge in [-0.15, -0.1) is 0 Å². The summed E-state index contributed by atoms with van der Waals surface area (Å²) >= 11 is 0. The van der Waals surface area contributed by atoms with Gasteiger partial charge in [0.25, 0.3) is 0 Å². The van der Waals surface area contributed by atoms with Gasteiger partial charge >= 0.3 is 0 Å². The largest absolute Gasteiger partial charge is 0.747 e. The van der Waals surface area contributed by atoms with E-state index in [0.29, 0.717) is 5.56 Å². The minimum Gasteiger partial charge on any atom is -0.747 e. The highest BCUT2D eigenvalue weighted by molar-refractivity contribution is 7.86. The van der Waals surface area contributed by atoms with E-state index in [1.807, 2.05) is 0 Å². The van der Waals surface area contributed by atoms with Crippen molar-refractivity contribution >= 4 is 10.1 Å². The summed E-state index contributed by atoms with van der Waals surface area (Å²) in [5.74, 6) is -0.144. The van der Waals surface area contributed by atoms with Gasteiger partial charge < -0.3 is 24.4 Å². The Kier molecular flexibility index (Phi) is 34.4. The summed E-state index contributed by atoms with van der Waals surface area (Å²) in [6.07, 6.45) is 46.9. The molecule has 0 amide bonds. The summed E-state index contributed by atoms with van der Waals surface area (Å²) in [7, 11) is 0.151. The molecule has 3 N–H and O–H groups in total. The summed E-state index contributed by atoms with van der Waals surface area (Å²) in [6.45, 7) is 14.3. The lowest BCUT2D eigenvalue weighted by atomic mass is 9.72. The third-order valence-electron chi connectivity index (χ3n) is 13.6. The van der Waals surface area contributed by atoms with Crippen LogP contribution in [-0.2, 0) is 16.7 Å². The summed E-state index contributed by atoms with van der Waals surface area (Å²) < 4.78 is 36.7. The van der Waals surface area contributed by atoms with Crippen molar-refractivity contribution in [3.05, 3.63) is 28.8 Å². The zero-order chi connectivity index (χ0) is 46.0. The number of unbranched alkanes of at least 4 members (excludes halogenated alkanes) is 30. The molecule has 0 aliphatic rings. The van der Waals surface area contributed by atoms with E-state index >= 15 is 0 Å². The zero-order valence-electron chi connectivity index (χ0n) is 41.9. The van der Waals surface area contributed by atoms with E-state index in [0.717, 1.165) is 0 Å².